The predicted molar refractivity (Wildman–Crippen MR) is 96.1 cm³/mol. The molecular formula is C19H19FN4O3. The fraction of sp³-hybridized carbons (Fsp3) is 0.316. The van der Waals surface area contributed by atoms with E-state index in [1.54, 1.807) is 25.3 Å². The van der Waals surface area contributed by atoms with Gasteiger partial charge < -0.3 is 14.7 Å². The molecule has 4 rings (SSSR count). The molecule has 3 heterocycles. The van der Waals surface area contributed by atoms with Crippen molar-refractivity contribution in [3.8, 4) is 0 Å². The second kappa shape index (κ2) is 6.96. The van der Waals surface area contributed by atoms with Crippen molar-refractivity contribution < 1.29 is 19.0 Å². The summed E-state index contributed by atoms with van der Waals surface area (Å²) in [7, 11) is 0. The molecule has 0 radical (unpaired) electrons. The standard InChI is InChI=1S/C19H19FN4O3/c1-2-27-19(26)15-10-21-24-7-6-17(22-18(15)24)23-11-14(25)9-16(23)12-4-3-5-13(20)8-12/h3-8,10,14,16,25H,2,9,11H2,1H3/t14-,16-/m1/s1. The van der Waals surface area contributed by atoms with Gasteiger partial charge in [0.25, 0.3) is 0 Å². The molecule has 2 atom stereocenters. The van der Waals surface area contributed by atoms with Crippen molar-refractivity contribution in [3.05, 3.63) is 59.7 Å². The van der Waals surface area contributed by atoms with E-state index in [9.17, 15) is 14.3 Å². The van der Waals surface area contributed by atoms with Gasteiger partial charge in [-0.2, -0.15) is 5.10 Å². The summed E-state index contributed by atoms with van der Waals surface area (Å²) in [6.45, 7) is 2.36. The summed E-state index contributed by atoms with van der Waals surface area (Å²) in [4.78, 5) is 18.6. The number of halogens is 1. The van der Waals surface area contributed by atoms with Crippen molar-refractivity contribution in [2.45, 2.75) is 25.5 Å². The molecule has 140 valence electrons. The van der Waals surface area contributed by atoms with Gasteiger partial charge in [0.05, 0.1) is 24.9 Å². The summed E-state index contributed by atoms with van der Waals surface area (Å²) in [6, 6.07) is 7.90. The molecule has 0 aliphatic carbocycles. The lowest BCUT2D eigenvalue weighted by molar-refractivity contribution is 0.0528. The summed E-state index contributed by atoms with van der Waals surface area (Å²) in [5.74, 6) is -0.225. The van der Waals surface area contributed by atoms with Crippen molar-refractivity contribution in [2.75, 3.05) is 18.1 Å². The number of hydrogen-bond acceptors (Lipinski definition) is 6. The zero-order chi connectivity index (χ0) is 19.0. The number of aliphatic hydroxyl groups excluding tert-OH is 1. The van der Waals surface area contributed by atoms with Crippen LogP contribution in [0.1, 0.15) is 35.3 Å². The smallest absolute Gasteiger partial charge is 0.343 e. The number of carbonyl (C=O) groups excluding carboxylic acids is 1. The number of β-amino-alcohol motifs (C(OH)–C–C–N with tert-alkyl or cyclic N) is 1. The summed E-state index contributed by atoms with van der Waals surface area (Å²) >= 11 is 0. The molecule has 2 aromatic heterocycles. The fourth-order valence-electron chi connectivity index (χ4n) is 3.47. The van der Waals surface area contributed by atoms with Crippen LogP contribution in [0.15, 0.2) is 42.7 Å². The minimum Gasteiger partial charge on any atom is -0.462 e. The average molecular weight is 370 g/mol. The first kappa shape index (κ1) is 17.4. The second-order valence-corrected chi connectivity index (χ2v) is 6.45. The number of rotatable bonds is 4. The Bertz CT molecular complexity index is 990. The van der Waals surface area contributed by atoms with E-state index in [4.69, 9.17) is 4.74 Å². The topological polar surface area (TPSA) is 80.0 Å². The maximum Gasteiger partial charge on any atom is 0.343 e. The van der Waals surface area contributed by atoms with Crippen LogP contribution in [0.2, 0.25) is 0 Å². The van der Waals surface area contributed by atoms with Gasteiger partial charge in [0.1, 0.15) is 17.2 Å². The highest BCUT2D eigenvalue weighted by Crippen LogP contribution is 2.35. The molecule has 0 amide bonds. The second-order valence-electron chi connectivity index (χ2n) is 6.45. The van der Waals surface area contributed by atoms with Crippen molar-refractivity contribution in [1.82, 2.24) is 14.6 Å². The summed E-state index contributed by atoms with van der Waals surface area (Å²) in [5, 5.41) is 14.3. The van der Waals surface area contributed by atoms with E-state index in [0.29, 0.717) is 24.4 Å². The first-order valence-corrected chi connectivity index (χ1v) is 8.78. The van der Waals surface area contributed by atoms with Crippen LogP contribution in [-0.2, 0) is 4.74 Å². The summed E-state index contributed by atoms with van der Waals surface area (Å²) < 4.78 is 20.2. The van der Waals surface area contributed by atoms with Gasteiger partial charge >= 0.3 is 5.97 Å². The molecule has 3 aromatic rings. The molecule has 1 aromatic carbocycles. The van der Waals surface area contributed by atoms with Crippen LogP contribution < -0.4 is 4.90 Å². The first-order valence-electron chi connectivity index (χ1n) is 8.78. The largest absolute Gasteiger partial charge is 0.462 e. The van der Waals surface area contributed by atoms with Gasteiger partial charge in [-0.15, -0.1) is 0 Å². The Morgan fingerprint density at radius 3 is 3.04 bits per heavy atom. The Morgan fingerprint density at radius 2 is 2.26 bits per heavy atom. The van der Waals surface area contributed by atoms with E-state index >= 15 is 0 Å². The molecule has 1 N–H and O–H groups in total. The summed E-state index contributed by atoms with van der Waals surface area (Å²) in [5.41, 5.74) is 1.43. The minimum absolute atomic E-state index is 0.209. The van der Waals surface area contributed by atoms with E-state index in [1.165, 1.54) is 22.8 Å². The fourth-order valence-corrected chi connectivity index (χ4v) is 3.47. The molecule has 0 bridgehead atoms. The maximum atomic E-state index is 13.7. The number of nitrogens with zero attached hydrogens (tertiary/aromatic N) is 4. The molecular weight excluding hydrogens is 351 g/mol. The third kappa shape index (κ3) is 3.23. The third-order valence-electron chi connectivity index (χ3n) is 4.66. The molecule has 0 spiro atoms. The highest BCUT2D eigenvalue weighted by atomic mass is 19.1. The minimum atomic E-state index is -0.550. The molecule has 27 heavy (non-hydrogen) atoms. The van der Waals surface area contributed by atoms with Crippen LogP contribution >= 0.6 is 0 Å². The molecule has 1 saturated heterocycles. The lowest BCUT2D eigenvalue weighted by Crippen LogP contribution is -2.25. The predicted octanol–water partition coefficient (Wildman–Crippen LogP) is 2.36. The quantitative estimate of drug-likeness (QED) is 0.710. The molecule has 1 fully saturated rings. The third-order valence-corrected chi connectivity index (χ3v) is 4.66. The van der Waals surface area contributed by atoms with Crippen LogP contribution in [0.5, 0.6) is 0 Å². The molecule has 8 heteroatoms. The number of carbonyl (C=O) groups is 1. The van der Waals surface area contributed by atoms with E-state index in [2.05, 4.69) is 10.1 Å². The zero-order valence-corrected chi connectivity index (χ0v) is 14.7. The number of benzene rings is 1. The maximum absolute atomic E-state index is 13.7. The lowest BCUT2D eigenvalue weighted by Gasteiger charge is -2.25. The number of fused-ring (bicyclic) bond motifs is 1. The summed E-state index contributed by atoms with van der Waals surface area (Å²) in [6.07, 6.45) is 3.05. The van der Waals surface area contributed by atoms with E-state index in [1.807, 2.05) is 11.0 Å². The van der Waals surface area contributed by atoms with Crippen LogP contribution in [0.4, 0.5) is 10.2 Å². The highest BCUT2D eigenvalue weighted by Gasteiger charge is 2.33. The van der Waals surface area contributed by atoms with Gasteiger partial charge in [-0.1, -0.05) is 12.1 Å². The Labute approximate surface area is 155 Å². The molecule has 0 saturated carbocycles. The van der Waals surface area contributed by atoms with Crippen molar-refractivity contribution in [1.29, 1.82) is 0 Å². The zero-order valence-electron chi connectivity index (χ0n) is 14.7. The number of hydrogen-bond donors (Lipinski definition) is 1. The van der Waals surface area contributed by atoms with E-state index in [0.717, 1.165) is 5.56 Å². The van der Waals surface area contributed by atoms with Gasteiger partial charge in [0.15, 0.2) is 5.65 Å². The molecule has 1 aliphatic rings. The van der Waals surface area contributed by atoms with Gasteiger partial charge in [0.2, 0.25) is 0 Å². The number of aromatic nitrogens is 3. The van der Waals surface area contributed by atoms with Crippen LogP contribution in [-0.4, -0.2) is 44.9 Å². The van der Waals surface area contributed by atoms with Gasteiger partial charge in [0, 0.05) is 12.7 Å². The normalized spacial score (nSPS) is 19.6. The molecule has 0 unspecified atom stereocenters. The van der Waals surface area contributed by atoms with Crippen molar-refractivity contribution in [3.63, 3.8) is 0 Å². The van der Waals surface area contributed by atoms with E-state index in [-0.39, 0.29) is 24.0 Å². The Kier molecular flexibility index (Phi) is 4.49. The molecule has 1 aliphatic heterocycles. The van der Waals surface area contributed by atoms with E-state index < -0.39 is 12.1 Å². The van der Waals surface area contributed by atoms with Crippen molar-refractivity contribution in [2.24, 2.45) is 0 Å². The Hall–Kier alpha value is -3.00. The van der Waals surface area contributed by atoms with Crippen LogP contribution in [0.3, 0.4) is 0 Å². The lowest BCUT2D eigenvalue weighted by atomic mass is 10.0. The Balaban J connectivity index is 1.73. The monoisotopic (exact) mass is 370 g/mol. The van der Waals surface area contributed by atoms with Crippen molar-refractivity contribution >= 4 is 17.4 Å². The highest BCUT2D eigenvalue weighted by molar-refractivity contribution is 5.95. The average Bonchev–Trinajstić information content (AvgIpc) is 3.25. The SMILES string of the molecule is CCOC(=O)c1cnn2ccc(N3C[C@H](O)C[C@@H]3c3cccc(F)c3)nc12. The number of aliphatic hydroxyl groups is 1. The van der Waals surface area contributed by atoms with Gasteiger partial charge in [-0.25, -0.2) is 18.7 Å². The number of anilines is 1. The van der Waals surface area contributed by atoms with Crippen LogP contribution in [0, 0.1) is 5.82 Å². The van der Waals surface area contributed by atoms with Crippen LogP contribution in [0.25, 0.3) is 5.65 Å². The number of esters is 1. The van der Waals surface area contributed by atoms with Gasteiger partial charge in [-0.3, -0.25) is 0 Å². The number of ether oxygens (including phenoxy) is 1. The van der Waals surface area contributed by atoms with Gasteiger partial charge in [-0.05, 0) is 37.1 Å². The first-order chi connectivity index (χ1) is 13.1. The Morgan fingerprint density at radius 1 is 1.41 bits per heavy atom. The molecule has 7 nitrogen and oxygen atoms in total.